The van der Waals surface area contributed by atoms with Crippen molar-refractivity contribution < 1.29 is 14.3 Å². The number of amides is 2. The SMILES string of the molecule is C=CCNC(=O)c1ccccc1NC(=O)[C@@H](C)Oc1ccccc1Cl. The Balaban J connectivity index is 2.08. The summed E-state index contributed by atoms with van der Waals surface area (Å²) in [5.74, 6) is -0.261. The fourth-order valence-corrected chi connectivity index (χ4v) is 2.25. The average Bonchev–Trinajstić information content (AvgIpc) is 2.62. The smallest absolute Gasteiger partial charge is 0.265 e. The lowest BCUT2D eigenvalue weighted by molar-refractivity contribution is -0.122. The number of carbonyl (C=O) groups excluding carboxylic acids is 2. The van der Waals surface area contributed by atoms with Crippen LogP contribution in [0.5, 0.6) is 5.75 Å². The average molecular weight is 359 g/mol. The van der Waals surface area contributed by atoms with E-state index in [1.165, 1.54) is 0 Å². The first-order valence-electron chi connectivity index (χ1n) is 7.73. The first-order valence-corrected chi connectivity index (χ1v) is 8.11. The van der Waals surface area contributed by atoms with E-state index in [0.29, 0.717) is 28.6 Å². The van der Waals surface area contributed by atoms with Gasteiger partial charge in [0, 0.05) is 6.54 Å². The van der Waals surface area contributed by atoms with Crippen LogP contribution in [0.15, 0.2) is 61.2 Å². The van der Waals surface area contributed by atoms with Gasteiger partial charge in [0.2, 0.25) is 0 Å². The zero-order valence-corrected chi connectivity index (χ0v) is 14.5. The van der Waals surface area contributed by atoms with Crippen LogP contribution in [-0.4, -0.2) is 24.5 Å². The van der Waals surface area contributed by atoms with Crippen LogP contribution >= 0.6 is 11.6 Å². The molecule has 0 bridgehead atoms. The van der Waals surface area contributed by atoms with Gasteiger partial charge in [-0.25, -0.2) is 0 Å². The molecule has 2 amide bonds. The Labute approximate surface area is 151 Å². The molecule has 2 N–H and O–H groups in total. The molecule has 0 aliphatic carbocycles. The van der Waals surface area contributed by atoms with Gasteiger partial charge >= 0.3 is 0 Å². The van der Waals surface area contributed by atoms with E-state index in [-0.39, 0.29) is 11.8 Å². The molecule has 1 atom stereocenters. The number of anilines is 1. The van der Waals surface area contributed by atoms with E-state index in [4.69, 9.17) is 16.3 Å². The van der Waals surface area contributed by atoms with Gasteiger partial charge in [-0.2, -0.15) is 0 Å². The highest BCUT2D eigenvalue weighted by molar-refractivity contribution is 6.32. The van der Waals surface area contributed by atoms with Gasteiger partial charge in [-0.1, -0.05) is 41.9 Å². The Hall–Kier alpha value is -2.79. The number of carbonyl (C=O) groups is 2. The molecule has 5 nitrogen and oxygen atoms in total. The molecule has 6 heteroatoms. The van der Waals surface area contributed by atoms with Gasteiger partial charge in [-0.05, 0) is 31.2 Å². The Bertz CT molecular complexity index is 777. The quantitative estimate of drug-likeness (QED) is 0.742. The monoisotopic (exact) mass is 358 g/mol. The van der Waals surface area contributed by atoms with E-state index in [1.54, 1.807) is 61.5 Å². The molecule has 0 saturated carbocycles. The second-order valence-corrected chi connectivity index (χ2v) is 5.63. The standard InChI is InChI=1S/C19H19ClN2O3/c1-3-12-21-19(24)14-8-4-6-10-16(14)22-18(23)13(2)25-17-11-7-5-9-15(17)20/h3-11,13H,1,12H2,2H3,(H,21,24)(H,22,23)/t13-/m1/s1. The molecule has 2 rings (SSSR count). The zero-order valence-electron chi connectivity index (χ0n) is 13.8. The first kappa shape index (κ1) is 18.5. The summed E-state index contributed by atoms with van der Waals surface area (Å²) in [4.78, 5) is 24.5. The molecular formula is C19H19ClN2O3. The van der Waals surface area contributed by atoms with Crippen molar-refractivity contribution in [1.29, 1.82) is 0 Å². The summed E-state index contributed by atoms with van der Waals surface area (Å²) in [6.07, 6.45) is 0.794. The highest BCUT2D eigenvalue weighted by Gasteiger charge is 2.19. The van der Waals surface area contributed by atoms with E-state index < -0.39 is 6.10 Å². The van der Waals surface area contributed by atoms with Gasteiger partial charge in [0.25, 0.3) is 11.8 Å². The molecule has 130 valence electrons. The third kappa shape index (κ3) is 5.09. The molecule has 0 heterocycles. The van der Waals surface area contributed by atoms with Crippen LogP contribution in [0.2, 0.25) is 5.02 Å². The Kier molecular flexibility index (Phi) is 6.60. The van der Waals surface area contributed by atoms with Crippen molar-refractivity contribution in [2.24, 2.45) is 0 Å². The van der Waals surface area contributed by atoms with Crippen LogP contribution in [0.25, 0.3) is 0 Å². The maximum absolute atomic E-state index is 12.4. The number of hydrogen-bond donors (Lipinski definition) is 2. The van der Waals surface area contributed by atoms with Crippen molar-refractivity contribution in [2.75, 3.05) is 11.9 Å². The van der Waals surface area contributed by atoms with Gasteiger partial charge in [-0.15, -0.1) is 6.58 Å². The molecule has 2 aromatic carbocycles. The van der Waals surface area contributed by atoms with Gasteiger partial charge in [0.15, 0.2) is 6.10 Å². The number of ether oxygens (including phenoxy) is 1. The summed E-state index contributed by atoms with van der Waals surface area (Å²) < 4.78 is 5.59. The van der Waals surface area contributed by atoms with Crippen molar-refractivity contribution in [3.05, 3.63) is 71.8 Å². The first-order chi connectivity index (χ1) is 12.0. The van der Waals surface area contributed by atoms with E-state index in [9.17, 15) is 9.59 Å². The summed E-state index contributed by atoms with van der Waals surface area (Å²) in [7, 11) is 0. The molecule has 0 aromatic heterocycles. The highest BCUT2D eigenvalue weighted by Crippen LogP contribution is 2.24. The predicted octanol–water partition coefficient (Wildman–Crippen LogP) is 3.66. The lowest BCUT2D eigenvalue weighted by Gasteiger charge is -2.17. The van der Waals surface area contributed by atoms with E-state index in [2.05, 4.69) is 17.2 Å². The highest BCUT2D eigenvalue weighted by atomic mass is 35.5. The zero-order chi connectivity index (χ0) is 18.2. The third-order valence-corrected chi connectivity index (χ3v) is 3.66. The van der Waals surface area contributed by atoms with Crippen molar-refractivity contribution in [3.8, 4) is 5.75 Å². The van der Waals surface area contributed by atoms with E-state index in [1.807, 2.05) is 0 Å². The molecule has 2 aromatic rings. The molecule has 0 fully saturated rings. The number of nitrogens with one attached hydrogen (secondary N) is 2. The van der Waals surface area contributed by atoms with Crippen LogP contribution in [0.3, 0.4) is 0 Å². The topological polar surface area (TPSA) is 67.4 Å². The predicted molar refractivity (Wildman–Crippen MR) is 99.1 cm³/mol. The van der Waals surface area contributed by atoms with Crippen LogP contribution in [0.4, 0.5) is 5.69 Å². The van der Waals surface area contributed by atoms with Gasteiger partial charge in [0.05, 0.1) is 16.3 Å². The van der Waals surface area contributed by atoms with Crippen molar-refractivity contribution in [2.45, 2.75) is 13.0 Å². The molecule has 0 saturated heterocycles. The summed E-state index contributed by atoms with van der Waals surface area (Å²) in [6, 6.07) is 13.7. The second-order valence-electron chi connectivity index (χ2n) is 5.22. The second kappa shape index (κ2) is 8.89. The molecule has 0 aliphatic heterocycles. The minimum atomic E-state index is -0.788. The normalized spacial score (nSPS) is 11.3. The number of halogens is 1. The fraction of sp³-hybridized carbons (Fsp3) is 0.158. The van der Waals surface area contributed by atoms with Crippen LogP contribution < -0.4 is 15.4 Å². The minimum absolute atomic E-state index is 0.296. The maximum atomic E-state index is 12.4. The Morgan fingerprint density at radius 3 is 2.60 bits per heavy atom. The van der Waals surface area contributed by atoms with Crippen molar-refractivity contribution in [3.63, 3.8) is 0 Å². The number of benzene rings is 2. The van der Waals surface area contributed by atoms with Crippen LogP contribution in [0, 0.1) is 0 Å². The largest absolute Gasteiger partial charge is 0.479 e. The number of hydrogen-bond acceptors (Lipinski definition) is 3. The third-order valence-electron chi connectivity index (χ3n) is 3.35. The summed E-state index contributed by atoms with van der Waals surface area (Å²) in [5.41, 5.74) is 0.770. The van der Waals surface area contributed by atoms with Crippen molar-refractivity contribution in [1.82, 2.24) is 5.32 Å². The lowest BCUT2D eigenvalue weighted by atomic mass is 10.1. The number of rotatable bonds is 7. The molecule has 0 radical (unpaired) electrons. The summed E-state index contributed by atoms with van der Waals surface area (Å²) >= 11 is 6.03. The molecule has 0 unspecified atom stereocenters. The van der Waals surface area contributed by atoms with Crippen molar-refractivity contribution >= 4 is 29.1 Å². The summed E-state index contributed by atoms with van der Waals surface area (Å²) in [5, 5.41) is 5.82. The van der Waals surface area contributed by atoms with Crippen LogP contribution in [0.1, 0.15) is 17.3 Å². The van der Waals surface area contributed by atoms with E-state index >= 15 is 0 Å². The maximum Gasteiger partial charge on any atom is 0.265 e. The van der Waals surface area contributed by atoms with Gasteiger partial charge in [0.1, 0.15) is 5.75 Å². The van der Waals surface area contributed by atoms with Gasteiger partial charge < -0.3 is 15.4 Å². The minimum Gasteiger partial charge on any atom is -0.479 e. The Morgan fingerprint density at radius 1 is 1.20 bits per heavy atom. The fourth-order valence-electron chi connectivity index (χ4n) is 2.07. The van der Waals surface area contributed by atoms with Crippen LogP contribution in [-0.2, 0) is 4.79 Å². The molecule has 0 aliphatic rings. The molecule has 0 spiro atoms. The molecular weight excluding hydrogens is 340 g/mol. The van der Waals surface area contributed by atoms with E-state index in [0.717, 1.165) is 0 Å². The Morgan fingerprint density at radius 2 is 1.88 bits per heavy atom. The number of para-hydroxylation sites is 2. The van der Waals surface area contributed by atoms with Gasteiger partial charge in [-0.3, -0.25) is 9.59 Å². The lowest BCUT2D eigenvalue weighted by Crippen LogP contribution is -2.31. The molecule has 25 heavy (non-hydrogen) atoms. The summed E-state index contributed by atoms with van der Waals surface area (Å²) in [6.45, 7) is 5.51.